The zero-order chi connectivity index (χ0) is 22.0. The van der Waals surface area contributed by atoms with Gasteiger partial charge < -0.3 is 20.5 Å². The van der Waals surface area contributed by atoms with Crippen molar-refractivity contribution >= 4 is 40.7 Å². The van der Waals surface area contributed by atoms with E-state index in [4.69, 9.17) is 10.5 Å². The van der Waals surface area contributed by atoms with Crippen LogP contribution in [0.1, 0.15) is 11.5 Å². The van der Waals surface area contributed by atoms with E-state index in [9.17, 15) is 19.6 Å². The van der Waals surface area contributed by atoms with Crippen molar-refractivity contribution in [1.29, 1.82) is 5.26 Å². The van der Waals surface area contributed by atoms with E-state index in [1.807, 2.05) is 6.07 Å². The van der Waals surface area contributed by atoms with E-state index in [1.165, 1.54) is 21.3 Å². The Morgan fingerprint density at radius 2 is 1.97 bits per heavy atom. The molecule has 9 nitrogen and oxygen atoms in total. The predicted octanol–water partition coefficient (Wildman–Crippen LogP) is -0.783. The number of hydrogen-bond donors (Lipinski definition) is 2. The van der Waals surface area contributed by atoms with Crippen molar-refractivity contribution in [3.8, 4) is 11.8 Å². The summed E-state index contributed by atoms with van der Waals surface area (Å²) in [4.78, 5) is 37.4. The number of fused-ring (bicyclic) bond motifs is 1. The number of nitriles is 1. The molecule has 1 aliphatic heterocycles. The second kappa shape index (κ2) is 8.26. The maximum absolute atomic E-state index is 12.9. The van der Waals surface area contributed by atoms with Crippen molar-refractivity contribution in [3.05, 3.63) is 55.0 Å². The number of esters is 1. The molecule has 0 aliphatic carbocycles. The smallest absolute Gasteiger partial charge is 0.332 e. The van der Waals surface area contributed by atoms with Crippen molar-refractivity contribution in [2.75, 3.05) is 21.3 Å². The van der Waals surface area contributed by atoms with Crippen LogP contribution in [0.4, 0.5) is 0 Å². The van der Waals surface area contributed by atoms with Crippen LogP contribution in [-0.4, -0.2) is 37.7 Å². The molecule has 0 fully saturated rings. The summed E-state index contributed by atoms with van der Waals surface area (Å²) in [5, 5.41) is 12.4. The van der Waals surface area contributed by atoms with E-state index in [1.54, 1.807) is 24.3 Å². The van der Waals surface area contributed by atoms with Gasteiger partial charge in [-0.3, -0.25) is 14.2 Å². The highest BCUT2D eigenvalue weighted by molar-refractivity contribution is 7.07. The average Bonchev–Trinajstić information content (AvgIpc) is 3.08. The summed E-state index contributed by atoms with van der Waals surface area (Å²) >= 11 is 0.928. The fourth-order valence-corrected chi connectivity index (χ4v) is 4.33. The number of thiazole rings is 1. The van der Waals surface area contributed by atoms with E-state index >= 15 is 0 Å². The zero-order valence-corrected chi connectivity index (χ0v) is 17.2. The third-order valence-electron chi connectivity index (χ3n) is 4.64. The third-order valence-corrected chi connectivity index (χ3v) is 5.75. The van der Waals surface area contributed by atoms with E-state index in [0.29, 0.717) is 11.3 Å². The molecule has 2 heterocycles. The van der Waals surface area contributed by atoms with Crippen LogP contribution in [0.2, 0.25) is 0 Å². The number of carbonyl (C=O) groups excluding carboxylic acids is 2. The minimum atomic E-state index is -0.801. The Morgan fingerprint density at radius 1 is 1.30 bits per heavy atom. The lowest BCUT2D eigenvalue weighted by Crippen LogP contribution is -2.41. The fraction of sp³-hybridized carbons (Fsp3) is 0.200. The molecule has 3 rings (SSSR count). The molecule has 0 radical (unpaired) electrons. The first-order chi connectivity index (χ1) is 14.4. The second-order valence-corrected chi connectivity index (χ2v) is 7.22. The minimum absolute atomic E-state index is 0.0360. The quantitative estimate of drug-likeness (QED) is 0.612. The maximum Gasteiger partial charge on any atom is 0.332 e. The fourth-order valence-electron chi connectivity index (χ4n) is 3.20. The molecule has 10 heteroatoms. The standard InChI is InChI=1S/C20H18N4O5S/c1-23-18(26)16-15(10-4-6-11(28-2)7-5-10)12(9-21)17(22)24-19(27)13(30-20(16)24)8-14(25)29-3/h4-8,15H,22H2,1-3H3,(H,23,26)/b13-8-. The molecule has 1 atom stereocenters. The van der Waals surface area contributed by atoms with Crippen molar-refractivity contribution < 1.29 is 19.1 Å². The Hall–Kier alpha value is -3.84. The predicted molar refractivity (Wildman–Crippen MR) is 111 cm³/mol. The second-order valence-electron chi connectivity index (χ2n) is 6.19. The van der Waals surface area contributed by atoms with Gasteiger partial charge in [-0.05, 0) is 17.7 Å². The van der Waals surface area contributed by atoms with Gasteiger partial charge in [0.15, 0.2) is 0 Å². The molecule has 30 heavy (non-hydrogen) atoms. The molecule has 3 N–H and O–H groups in total. The summed E-state index contributed by atoms with van der Waals surface area (Å²) in [6.07, 6.45) is 1.03. The molecule has 0 bridgehead atoms. The van der Waals surface area contributed by atoms with E-state index < -0.39 is 23.4 Å². The lowest BCUT2D eigenvalue weighted by atomic mass is 9.83. The first-order valence-corrected chi connectivity index (χ1v) is 9.51. The highest BCUT2D eigenvalue weighted by atomic mass is 32.1. The zero-order valence-electron chi connectivity index (χ0n) is 16.4. The van der Waals surface area contributed by atoms with Gasteiger partial charge in [0.05, 0.1) is 37.4 Å². The molecule has 1 aliphatic rings. The van der Waals surface area contributed by atoms with Gasteiger partial charge in [-0.2, -0.15) is 5.26 Å². The first kappa shape index (κ1) is 20.9. The number of nitrogens with two attached hydrogens (primary N) is 1. The van der Waals surface area contributed by atoms with Crippen LogP contribution in [0.25, 0.3) is 17.5 Å². The number of nitrogens with one attached hydrogen (secondary N) is 1. The molecular formula is C20H18N4O5S. The van der Waals surface area contributed by atoms with Gasteiger partial charge in [-0.15, -0.1) is 11.3 Å². The maximum atomic E-state index is 12.9. The van der Waals surface area contributed by atoms with Crippen LogP contribution >= 0.6 is 11.3 Å². The molecule has 0 saturated heterocycles. The van der Waals surface area contributed by atoms with Gasteiger partial charge in [0.25, 0.3) is 11.5 Å². The molecule has 0 spiro atoms. The largest absolute Gasteiger partial charge is 0.497 e. The Kier molecular flexibility index (Phi) is 5.75. The van der Waals surface area contributed by atoms with Crippen LogP contribution in [0, 0.1) is 11.3 Å². The Bertz CT molecular complexity index is 1280. The summed E-state index contributed by atoms with van der Waals surface area (Å²) in [6.45, 7) is 0. The lowest BCUT2D eigenvalue weighted by Gasteiger charge is -2.25. The van der Waals surface area contributed by atoms with E-state index in [2.05, 4.69) is 10.1 Å². The minimum Gasteiger partial charge on any atom is -0.497 e. The molecule has 1 amide bonds. The van der Waals surface area contributed by atoms with Gasteiger partial charge in [-0.25, -0.2) is 4.79 Å². The van der Waals surface area contributed by atoms with Crippen LogP contribution < -0.4 is 30.5 Å². The molecule has 154 valence electrons. The van der Waals surface area contributed by atoms with Crippen molar-refractivity contribution in [3.63, 3.8) is 0 Å². The van der Waals surface area contributed by atoms with Crippen LogP contribution in [0.3, 0.4) is 0 Å². The number of nitrogens with zero attached hydrogens (tertiary/aromatic N) is 2. The number of allylic oxidation sites excluding steroid dienone is 1. The van der Waals surface area contributed by atoms with Gasteiger partial charge in [0.2, 0.25) is 0 Å². The Balaban J connectivity index is 2.44. The van der Waals surface area contributed by atoms with Gasteiger partial charge in [0, 0.05) is 13.1 Å². The average molecular weight is 426 g/mol. The molecule has 1 unspecified atom stereocenters. The normalized spacial score (nSPS) is 16.0. The summed E-state index contributed by atoms with van der Waals surface area (Å²) in [5.74, 6) is -1.48. The topological polar surface area (TPSA) is 136 Å². The summed E-state index contributed by atoms with van der Waals surface area (Å²) in [7, 11) is 4.17. The van der Waals surface area contributed by atoms with Gasteiger partial charge in [0.1, 0.15) is 20.8 Å². The van der Waals surface area contributed by atoms with Gasteiger partial charge in [-0.1, -0.05) is 12.1 Å². The number of amides is 1. The van der Waals surface area contributed by atoms with Crippen molar-refractivity contribution in [1.82, 2.24) is 9.88 Å². The summed E-state index contributed by atoms with van der Waals surface area (Å²) in [5.41, 5.74) is 6.44. The highest BCUT2D eigenvalue weighted by Crippen LogP contribution is 2.36. The van der Waals surface area contributed by atoms with Crippen LogP contribution in [0.5, 0.6) is 5.75 Å². The SMILES string of the molecule is CNC(=O)C1=c2s/c(=C\C(=O)OC)c(=O)n2C(N)=C(C#N)C1c1ccc(OC)cc1. The number of carbonyl (C=O) groups is 2. The monoisotopic (exact) mass is 426 g/mol. The summed E-state index contributed by atoms with van der Waals surface area (Å²) in [6, 6.07) is 8.88. The van der Waals surface area contributed by atoms with Crippen LogP contribution in [0.15, 0.2) is 34.6 Å². The van der Waals surface area contributed by atoms with E-state index in [-0.39, 0.29) is 26.2 Å². The number of benzene rings is 1. The first-order valence-electron chi connectivity index (χ1n) is 8.69. The van der Waals surface area contributed by atoms with Gasteiger partial charge >= 0.3 is 5.97 Å². The molecule has 0 saturated carbocycles. The van der Waals surface area contributed by atoms with Crippen molar-refractivity contribution in [2.24, 2.45) is 5.73 Å². The number of rotatable bonds is 4. The highest BCUT2D eigenvalue weighted by Gasteiger charge is 2.35. The number of aromatic nitrogens is 1. The lowest BCUT2D eigenvalue weighted by molar-refractivity contribution is -0.133. The molecule has 1 aromatic heterocycles. The van der Waals surface area contributed by atoms with Crippen molar-refractivity contribution in [2.45, 2.75) is 5.92 Å². The molecule has 1 aromatic carbocycles. The van der Waals surface area contributed by atoms with E-state index in [0.717, 1.165) is 22.0 Å². The molecule has 2 aromatic rings. The number of ether oxygens (including phenoxy) is 2. The van der Waals surface area contributed by atoms with Crippen LogP contribution in [-0.2, 0) is 14.3 Å². The Morgan fingerprint density at radius 3 is 2.50 bits per heavy atom. The molecular weight excluding hydrogens is 408 g/mol. The number of methoxy groups -OCH3 is 2. The summed E-state index contributed by atoms with van der Waals surface area (Å²) < 4.78 is 11.1. The Labute approximate surface area is 174 Å². The third kappa shape index (κ3) is 3.35. The number of hydrogen-bond acceptors (Lipinski definition) is 8.